The van der Waals surface area contributed by atoms with Crippen molar-refractivity contribution >= 4 is 46.8 Å². The van der Waals surface area contributed by atoms with E-state index < -0.39 is 0 Å². The van der Waals surface area contributed by atoms with Crippen LogP contribution < -0.4 is 5.32 Å². The highest BCUT2D eigenvalue weighted by Crippen LogP contribution is 2.19. The molecule has 3 rings (SSSR count). The third kappa shape index (κ3) is 6.10. The van der Waals surface area contributed by atoms with Crippen molar-refractivity contribution in [3.63, 3.8) is 0 Å². The molecule has 154 valence electrons. The monoisotopic (exact) mass is 500 g/mol. The van der Waals surface area contributed by atoms with Crippen molar-refractivity contribution in [2.45, 2.75) is 13.0 Å². The van der Waals surface area contributed by atoms with Gasteiger partial charge in [-0.05, 0) is 18.6 Å². The summed E-state index contributed by atoms with van der Waals surface area (Å²) >= 11 is 0. The topological polar surface area (TPSA) is 70.3 Å². The van der Waals surface area contributed by atoms with Crippen LogP contribution >= 0.6 is 24.0 Å². The number of ether oxygens (including phenoxy) is 1. The van der Waals surface area contributed by atoms with E-state index in [1.54, 1.807) is 19.0 Å². The van der Waals surface area contributed by atoms with Gasteiger partial charge in [0.2, 0.25) is 5.91 Å². The molecule has 1 amide bonds. The lowest BCUT2D eigenvalue weighted by molar-refractivity contribution is -0.127. The Hall–Kier alpha value is -1.81. The lowest BCUT2D eigenvalue weighted by atomic mass is 10.1. The third-order valence-electron chi connectivity index (χ3n) is 4.67. The van der Waals surface area contributed by atoms with Crippen LogP contribution in [0, 0.1) is 5.92 Å². The second-order valence-electron chi connectivity index (χ2n) is 7.15. The molecule has 1 aliphatic heterocycles. The minimum Gasteiger partial charge on any atom is -0.459 e. The highest BCUT2D eigenvalue weighted by atomic mass is 127. The predicted molar refractivity (Wildman–Crippen MR) is 121 cm³/mol. The van der Waals surface area contributed by atoms with Crippen LogP contribution in [0.2, 0.25) is 0 Å². The molecule has 0 spiro atoms. The molecular weight excluding hydrogens is 471 g/mol. The number of nitrogens with zero attached hydrogens (tertiary/aromatic N) is 3. The number of amides is 1. The first kappa shape index (κ1) is 22.5. The van der Waals surface area contributed by atoms with Crippen LogP contribution in [0.3, 0.4) is 0 Å². The molecule has 1 unspecified atom stereocenters. The van der Waals surface area contributed by atoms with Crippen LogP contribution in [0.15, 0.2) is 39.7 Å². The van der Waals surface area contributed by atoms with Crippen molar-refractivity contribution in [3.8, 4) is 0 Å². The molecule has 1 aromatic heterocycles. The lowest BCUT2D eigenvalue weighted by Crippen LogP contribution is -2.41. The maximum Gasteiger partial charge on any atom is 0.243 e. The summed E-state index contributed by atoms with van der Waals surface area (Å²) in [5, 5.41) is 4.47. The first-order valence-corrected chi connectivity index (χ1v) is 9.27. The molecule has 7 nitrogen and oxygen atoms in total. The van der Waals surface area contributed by atoms with Gasteiger partial charge < -0.3 is 24.3 Å². The van der Waals surface area contributed by atoms with E-state index in [1.807, 2.05) is 42.3 Å². The summed E-state index contributed by atoms with van der Waals surface area (Å²) in [6.45, 7) is 3.04. The van der Waals surface area contributed by atoms with Gasteiger partial charge in [-0.3, -0.25) is 4.79 Å². The number of guanidine groups is 1. The van der Waals surface area contributed by atoms with Gasteiger partial charge >= 0.3 is 0 Å². The van der Waals surface area contributed by atoms with Crippen LogP contribution in [0.1, 0.15) is 12.2 Å². The Kier molecular flexibility index (Phi) is 8.56. The SMILES string of the molecule is CN(C)C(=O)CN=C(NCC1CCOC1)N(C)Cc1cc2ccccc2o1.I. The molecule has 2 aromatic rings. The number of nitrogens with one attached hydrogen (secondary N) is 1. The van der Waals surface area contributed by atoms with Gasteiger partial charge in [0.25, 0.3) is 0 Å². The van der Waals surface area contributed by atoms with Gasteiger partial charge in [0.05, 0.1) is 13.2 Å². The molecule has 1 fully saturated rings. The molecule has 0 radical (unpaired) electrons. The van der Waals surface area contributed by atoms with Crippen molar-refractivity contribution < 1.29 is 13.9 Å². The van der Waals surface area contributed by atoms with Gasteiger partial charge in [0, 0.05) is 45.6 Å². The highest BCUT2D eigenvalue weighted by molar-refractivity contribution is 14.0. The fourth-order valence-corrected chi connectivity index (χ4v) is 3.00. The smallest absolute Gasteiger partial charge is 0.243 e. The Balaban J connectivity index is 0.00000280. The minimum absolute atomic E-state index is 0. The van der Waals surface area contributed by atoms with Crippen molar-refractivity contribution in [2.75, 3.05) is 47.4 Å². The summed E-state index contributed by atoms with van der Waals surface area (Å²) in [6.07, 6.45) is 1.05. The van der Waals surface area contributed by atoms with Gasteiger partial charge in [0.15, 0.2) is 5.96 Å². The van der Waals surface area contributed by atoms with Gasteiger partial charge in [-0.2, -0.15) is 0 Å². The fourth-order valence-electron chi connectivity index (χ4n) is 3.00. The van der Waals surface area contributed by atoms with Crippen LogP contribution in [0.5, 0.6) is 0 Å². The standard InChI is InChI=1S/C20H28N4O3.HI/c1-23(2)19(25)12-22-20(21-11-15-8-9-26-14-15)24(3)13-17-10-16-6-4-5-7-18(16)27-17;/h4-7,10,15H,8-9,11-14H2,1-3H3,(H,21,22);1H. The molecule has 8 heteroatoms. The number of fused-ring (bicyclic) bond motifs is 1. The Morgan fingerprint density at radius 3 is 2.75 bits per heavy atom. The maximum absolute atomic E-state index is 11.9. The number of carbonyl (C=O) groups excluding carboxylic acids is 1. The van der Waals surface area contributed by atoms with Crippen molar-refractivity contribution in [2.24, 2.45) is 10.9 Å². The molecule has 0 bridgehead atoms. The molecule has 1 aliphatic rings. The van der Waals surface area contributed by atoms with E-state index in [1.165, 1.54) is 0 Å². The number of aliphatic imine (C=N–C) groups is 1. The first-order chi connectivity index (χ1) is 13.0. The number of furan rings is 1. The minimum atomic E-state index is -0.0318. The average molecular weight is 500 g/mol. The number of likely N-dealkylation sites (N-methyl/N-ethyl adjacent to an activating group) is 1. The van der Waals surface area contributed by atoms with Crippen LogP contribution in [-0.4, -0.2) is 69.1 Å². The number of carbonyl (C=O) groups is 1. The normalized spacial score (nSPS) is 16.7. The van der Waals surface area contributed by atoms with E-state index in [-0.39, 0.29) is 36.4 Å². The second-order valence-corrected chi connectivity index (χ2v) is 7.15. The van der Waals surface area contributed by atoms with Gasteiger partial charge in [-0.25, -0.2) is 4.99 Å². The van der Waals surface area contributed by atoms with E-state index in [4.69, 9.17) is 9.15 Å². The quantitative estimate of drug-likeness (QED) is 0.375. The molecule has 1 N–H and O–H groups in total. The highest BCUT2D eigenvalue weighted by Gasteiger charge is 2.18. The van der Waals surface area contributed by atoms with Crippen LogP contribution in [0.25, 0.3) is 11.0 Å². The summed E-state index contributed by atoms with van der Waals surface area (Å²) in [5.74, 6) is 1.99. The van der Waals surface area contributed by atoms with E-state index in [2.05, 4.69) is 10.3 Å². The fraction of sp³-hybridized carbons (Fsp3) is 0.500. The van der Waals surface area contributed by atoms with Gasteiger partial charge in [-0.15, -0.1) is 24.0 Å². The Bertz CT molecular complexity index is 767. The van der Waals surface area contributed by atoms with Gasteiger partial charge in [0.1, 0.15) is 17.9 Å². The summed E-state index contributed by atoms with van der Waals surface area (Å²) in [7, 11) is 5.42. The number of para-hydroxylation sites is 1. The summed E-state index contributed by atoms with van der Waals surface area (Å²) in [5.41, 5.74) is 0.873. The molecule has 0 saturated carbocycles. The van der Waals surface area contributed by atoms with E-state index in [0.29, 0.717) is 18.4 Å². The largest absolute Gasteiger partial charge is 0.459 e. The van der Waals surface area contributed by atoms with E-state index >= 15 is 0 Å². The number of rotatable bonds is 6. The maximum atomic E-state index is 11.9. The third-order valence-corrected chi connectivity index (χ3v) is 4.67. The molecule has 0 aliphatic carbocycles. The molecule has 2 heterocycles. The number of hydrogen-bond acceptors (Lipinski definition) is 4. The van der Waals surface area contributed by atoms with E-state index in [9.17, 15) is 4.79 Å². The number of halogens is 1. The molecule has 1 saturated heterocycles. The Morgan fingerprint density at radius 1 is 1.29 bits per heavy atom. The summed E-state index contributed by atoms with van der Waals surface area (Å²) < 4.78 is 11.4. The van der Waals surface area contributed by atoms with Crippen molar-refractivity contribution in [1.29, 1.82) is 0 Å². The van der Waals surface area contributed by atoms with Crippen LogP contribution in [0.4, 0.5) is 0 Å². The molecule has 1 aromatic carbocycles. The molecule has 1 atom stereocenters. The van der Waals surface area contributed by atoms with Crippen LogP contribution in [-0.2, 0) is 16.1 Å². The zero-order chi connectivity index (χ0) is 19.2. The Labute approximate surface area is 183 Å². The first-order valence-electron chi connectivity index (χ1n) is 9.27. The second kappa shape index (κ2) is 10.7. The zero-order valence-corrected chi connectivity index (χ0v) is 19.0. The number of hydrogen-bond donors (Lipinski definition) is 1. The van der Waals surface area contributed by atoms with Crippen molar-refractivity contribution in [3.05, 3.63) is 36.1 Å². The van der Waals surface area contributed by atoms with Crippen molar-refractivity contribution in [1.82, 2.24) is 15.1 Å². The molecular formula is C20H29IN4O3. The van der Waals surface area contributed by atoms with Gasteiger partial charge in [-0.1, -0.05) is 18.2 Å². The van der Waals surface area contributed by atoms with E-state index in [0.717, 1.165) is 42.9 Å². The number of benzene rings is 1. The Morgan fingerprint density at radius 2 is 2.07 bits per heavy atom. The summed E-state index contributed by atoms with van der Waals surface area (Å²) in [6, 6.07) is 9.99. The molecule has 28 heavy (non-hydrogen) atoms. The lowest BCUT2D eigenvalue weighted by Gasteiger charge is -2.23. The summed E-state index contributed by atoms with van der Waals surface area (Å²) in [4.78, 5) is 20.0. The average Bonchev–Trinajstić information content (AvgIpc) is 3.29. The zero-order valence-electron chi connectivity index (χ0n) is 16.7. The predicted octanol–water partition coefficient (Wildman–Crippen LogP) is 2.55.